The predicted octanol–water partition coefficient (Wildman–Crippen LogP) is 2.76. The van der Waals surface area contributed by atoms with E-state index in [2.05, 4.69) is 8.85 Å². The molecule has 0 fully saturated rings. The third-order valence-electron chi connectivity index (χ3n) is 0.723. The molecule has 80 valence electrons. The molecule has 0 radical (unpaired) electrons. The summed E-state index contributed by atoms with van der Waals surface area (Å²) >= 11 is 0. The molecular formula is C4H6F6O2Si. The van der Waals surface area contributed by atoms with Crippen LogP contribution in [-0.2, 0) is 8.85 Å². The molecule has 0 unspecified atom stereocenters. The largest absolute Gasteiger partial charge is 0.514 e. The highest BCUT2D eigenvalue weighted by molar-refractivity contribution is 6.64. The van der Waals surface area contributed by atoms with Crippen molar-refractivity contribution in [3.05, 3.63) is 0 Å². The minimum Gasteiger partial charge on any atom is -0.308 e. The summed E-state index contributed by atoms with van der Waals surface area (Å²) in [6.07, 6.45) is -10.2. The molecule has 0 aromatic carbocycles. The van der Waals surface area contributed by atoms with E-state index in [1.807, 2.05) is 0 Å². The predicted molar refractivity (Wildman–Crippen MR) is 31.8 cm³/mol. The fourth-order valence-corrected chi connectivity index (χ4v) is 1.73. The van der Waals surface area contributed by atoms with E-state index in [1.165, 1.54) is 0 Å². The van der Waals surface area contributed by atoms with Gasteiger partial charge in [0.1, 0.15) is 0 Å². The van der Waals surface area contributed by atoms with Crippen molar-refractivity contribution in [1.82, 2.24) is 0 Å². The molecule has 0 bridgehead atoms. The van der Waals surface area contributed by atoms with Crippen molar-refractivity contribution in [3.63, 3.8) is 0 Å². The van der Waals surface area contributed by atoms with E-state index >= 15 is 0 Å². The lowest BCUT2D eigenvalue weighted by atomic mass is 11.4. The van der Waals surface area contributed by atoms with Crippen molar-refractivity contribution < 1.29 is 35.2 Å². The van der Waals surface area contributed by atoms with Crippen LogP contribution in [0.3, 0.4) is 0 Å². The van der Waals surface area contributed by atoms with E-state index in [4.69, 9.17) is 0 Å². The first-order valence-corrected chi connectivity index (χ1v) is 5.77. The zero-order valence-electron chi connectivity index (χ0n) is 6.58. The van der Waals surface area contributed by atoms with Gasteiger partial charge in [-0.05, 0) is 13.1 Å². The molecule has 0 saturated heterocycles. The van der Waals surface area contributed by atoms with E-state index < -0.39 is 21.3 Å². The fourth-order valence-electron chi connectivity index (χ4n) is 0.578. The van der Waals surface area contributed by atoms with Crippen molar-refractivity contribution >= 4 is 8.56 Å². The van der Waals surface area contributed by atoms with Crippen LogP contribution in [0, 0.1) is 0 Å². The first-order valence-electron chi connectivity index (χ1n) is 2.95. The van der Waals surface area contributed by atoms with Crippen molar-refractivity contribution in [2.24, 2.45) is 0 Å². The molecular weight excluding hydrogens is 222 g/mol. The van der Waals surface area contributed by atoms with Gasteiger partial charge in [-0.25, -0.2) is 0 Å². The average Bonchev–Trinajstić information content (AvgIpc) is 1.43. The third kappa shape index (κ3) is 8.06. The molecule has 0 N–H and O–H groups in total. The van der Waals surface area contributed by atoms with Crippen LogP contribution in [-0.4, -0.2) is 21.3 Å². The minimum absolute atomic E-state index is 0.647. The molecule has 2 nitrogen and oxygen atoms in total. The summed E-state index contributed by atoms with van der Waals surface area (Å²) in [6, 6.07) is 0. The minimum atomic E-state index is -5.11. The van der Waals surface area contributed by atoms with Gasteiger partial charge in [-0.3, -0.25) is 0 Å². The molecule has 0 aliphatic rings. The highest BCUT2D eigenvalue weighted by Gasteiger charge is 2.47. The number of rotatable bonds is 2. The Kier molecular flexibility index (Phi) is 3.39. The Bertz CT molecular complexity index is 154. The zero-order valence-corrected chi connectivity index (χ0v) is 7.58. The molecule has 13 heavy (non-hydrogen) atoms. The topological polar surface area (TPSA) is 18.5 Å². The first-order chi connectivity index (χ1) is 5.41. The van der Waals surface area contributed by atoms with Crippen LogP contribution in [0.2, 0.25) is 13.1 Å². The van der Waals surface area contributed by atoms with E-state index in [1.54, 1.807) is 0 Å². The molecule has 0 spiro atoms. The maximum atomic E-state index is 11.5. The van der Waals surface area contributed by atoms with Crippen LogP contribution < -0.4 is 0 Å². The lowest BCUT2D eigenvalue weighted by Gasteiger charge is -2.24. The second kappa shape index (κ2) is 3.46. The Morgan fingerprint density at radius 2 is 1.00 bits per heavy atom. The van der Waals surface area contributed by atoms with Gasteiger partial charge in [0.05, 0.1) is 0 Å². The SMILES string of the molecule is C[Si](C)(OC(F)(F)F)OC(F)(F)F. The van der Waals surface area contributed by atoms with Crippen molar-refractivity contribution in [2.75, 3.05) is 0 Å². The van der Waals surface area contributed by atoms with Crippen molar-refractivity contribution in [3.8, 4) is 0 Å². The standard InChI is InChI=1S/C4H6F6O2Si/c1-13(2,11-3(5,6)7)12-4(8,9)10/h1-2H3. The van der Waals surface area contributed by atoms with E-state index in [9.17, 15) is 26.3 Å². The van der Waals surface area contributed by atoms with Gasteiger partial charge in [0.2, 0.25) is 0 Å². The van der Waals surface area contributed by atoms with Crippen LogP contribution in [0.25, 0.3) is 0 Å². The smallest absolute Gasteiger partial charge is 0.308 e. The van der Waals surface area contributed by atoms with Gasteiger partial charge in [0.15, 0.2) is 0 Å². The molecule has 0 rings (SSSR count). The average molecular weight is 228 g/mol. The highest BCUT2D eigenvalue weighted by atomic mass is 28.4. The lowest BCUT2D eigenvalue weighted by molar-refractivity contribution is -0.321. The van der Waals surface area contributed by atoms with Gasteiger partial charge in [-0.2, -0.15) is 0 Å². The monoisotopic (exact) mass is 228 g/mol. The number of halogens is 6. The van der Waals surface area contributed by atoms with Crippen LogP contribution in [0.5, 0.6) is 0 Å². The molecule has 0 aromatic heterocycles. The van der Waals surface area contributed by atoms with E-state index in [0.717, 1.165) is 0 Å². The lowest BCUT2D eigenvalue weighted by Crippen LogP contribution is -2.44. The van der Waals surface area contributed by atoms with Crippen molar-refractivity contribution in [2.45, 2.75) is 25.8 Å². The maximum absolute atomic E-state index is 11.5. The van der Waals surface area contributed by atoms with Gasteiger partial charge in [-0.1, -0.05) is 0 Å². The summed E-state index contributed by atoms with van der Waals surface area (Å²) in [7, 11) is -4.22. The molecule has 9 heteroatoms. The van der Waals surface area contributed by atoms with Gasteiger partial charge < -0.3 is 8.85 Å². The molecule has 0 saturated carbocycles. The molecule has 0 aromatic rings. The second-order valence-corrected chi connectivity index (χ2v) is 5.70. The number of hydrogen-bond acceptors (Lipinski definition) is 2. The summed E-state index contributed by atoms with van der Waals surface area (Å²) in [5.74, 6) is 0. The molecule has 0 heterocycles. The highest BCUT2D eigenvalue weighted by Crippen LogP contribution is 2.28. The number of alkyl halides is 6. The van der Waals surface area contributed by atoms with Crippen LogP contribution >= 0.6 is 0 Å². The van der Waals surface area contributed by atoms with Gasteiger partial charge in [0, 0.05) is 0 Å². The zero-order chi connectivity index (χ0) is 10.9. The Hall–Kier alpha value is -0.283. The summed E-state index contributed by atoms with van der Waals surface area (Å²) in [4.78, 5) is 0. The van der Waals surface area contributed by atoms with E-state index in [0.29, 0.717) is 13.1 Å². The summed E-state index contributed by atoms with van der Waals surface area (Å²) < 4.78 is 75.3. The molecule has 0 aliphatic heterocycles. The Morgan fingerprint density at radius 1 is 0.769 bits per heavy atom. The van der Waals surface area contributed by atoms with Crippen LogP contribution in [0.4, 0.5) is 26.3 Å². The third-order valence-corrected chi connectivity index (χ3v) is 2.17. The molecule has 0 aliphatic carbocycles. The number of hydrogen-bond donors (Lipinski definition) is 0. The summed E-state index contributed by atoms with van der Waals surface area (Å²) in [5.41, 5.74) is 0. The van der Waals surface area contributed by atoms with E-state index in [-0.39, 0.29) is 0 Å². The summed E-state index contributed by atoms with van der Waals surface area (Å²) in [6.45, 7) is 1.29. The Labute approximate surface area is 70.7 Å². The Morgan fingerprint density at radius 3 is 1.15 bits per heavy atom. The van der Waals surface area contributed by atoms with Crippen LogP contribution in [0.15, 0.2) is 0 Å². The van der Waals surface area contributed by atoms with Crippen LogP contribution in [0.1, 0.15) is 0 Å². The molecule has 0 atom stereocenters. The normalized spacial score (nSPS) is 14.8. The van der Waals surface area contributed by atoms with Gasteiger partial charge >= 0.3 is 21.3 Å². The van der Waals surface area contributed by atoms with Crippen molar-refractivity contribution in [1.29, 1.82) is 0 Å². The maximum Gasteiger partial charge on any atom is 0.514 e. The quantitative estimate of drug-likeness (QED) is 0.534. The Balaban J connectivity index is 4.25. The first kappa shape index (κ1) is 12.7. The molecule has 0 amide bonds. The van der Waals surface area contributed by atoms with Gasteiger partial charge in [0.25, 0.3) is 0 Å². The fraction of sp³-hybridized carbons (Fsp3) is 1.00. The summed E-state index contributed by atoms with van der Waals surface area (Å²) in [5, 5.41) is 0. The van der Waals surface area contributed by atoms with Gasteiger partial charge in [-0.15, -0.1) is 26.3 Å². The second-order valence-electron chi connectivity index (χ2n) is 2.50.